The van der Waals surface area contributed by atoms with Crippen molar-refractivity contribution in [1.29, 1.82) is 0 Å². The van der Waals surface area contributed by atoms with Crippen molar-refractivity contribution in [3.63, 3.8) is 0 Å². The largest absolute Gasteiger partial charge is 0.507 e. The number of nitrogens with zero attached hydrogens (tertiary/aromatic N) is 4. The lowest BCUT2D eigenvalue weighted by molar-refractivity contribution is 0.214. The third kappa shape index (κ3) is 15.9. The zero-order valence-electron chi connectivity index (χ0n) is 53.0. The molecular weight excluding hydrogens is 1100 g/mol. The maximum atomic E-state index is 12.9. The Morgan fingerprint density at radius 2 is 0.557 bits per heavy atom. The van der Waals surface area contributed by atoms with Crippen molar-refractivity contribution in [1.82, 2.24) is 0 Å². The van der Waals surface area contributed by atoms with Crippen LogP contribution in [0.4, 0.5) is 0 Å². The fourth-order valence-corrected chi connectivity index (χ4v) is 10.6. The summed E-state index contributed by atoms with van der Waals surface area (Å²) in [6.07, 6.45) is 7.63. The molecule has 9 rings (SSSR count). The Labute approximate surface area is 519 Å². The van der Waals surface area contributed by atoms with E-state index in [9.17, 15) is 20.4 Å². The summed E-state index contributed by atoms with van der Waals surface area (Å²) in [5.41, 5.74) is 12.4. The van der Waals surface area contributed by atoms with Gasteiger partial charge in [-0.15, -0.1) is 0 Å². The van der Waals surface area contributed by atoms with E-state index < -0.39 is 0 Å². The highest BCUT2D eigenvalue weighted by Crippen LogP contribution is 2.44. The Morgan fingerprint density at radius 1 is 0.318 bits per heavy atom. The summed E-state index contributed by atoms with van der Waals surface area (Å²) < 4.78 is 26.9. The highest BCUT2D eigenvalue weighted by atomic mass is 16.5. The zero-order valence-corrected chi connectivity index (χ0v) is 53.0. The average molecular weight is 1180 g/mol. The minimum Gasteiger partial charge on any atom is -0.507 e. The van der Waals surface area contributed by atoms with E-state index in [1.54, 1.807) is 48.8 Å². The van der Waals surface area contributed by atoms with E-state index in [1.165, 1.54) is 12.4 Å². The molecule has 0 saturated heterocycles. The van der Waals surface area contributed by atoms with E-state index in [2.05, 4.69) is 152 Å². The maximum Gasteiger partial charge on any atom is 0.128 e. The van der Waals surface area contributed by atoms with Crippen molar-refractivity contribution in [3.8, 4) is 46.0 Å². The molecule has 0 spiro atoms. The highest BCUT2D eigenvalue weighted by molar-refractivity contribution is 5.87. The van der Waals surface area contributed by atoms with Gasteiger partial charge >= 0.3 is 0 Å². The minimum absolute atomic E-state index is 0.118. The molecule has 88 heavy (non-hydrogen) atoms. The second-order valence-corrected chi connectivity index (χ2v) is 26.8. The molecule has 12 nitrogen and oxygen atoms in total. The van der Waals surface area contributed by atoms with Gasteiger partial charge in [-0.3, -0.25) is 0 Å². The lowest BCUT2D eigenvalue weighted by Gasteiger charge is -2.28. The van der Waals surface area contributed by atoms with Crippen molar-refractivity contribution in [2.24, 2.45) is 20.4 Å². The first kappa shape index (κ1) is 63.3. The number of rotatable bonds is 16. The topological polar surface area (TPSA) is 167 Å². The predicted octanol–water partition coefficient (Wildman–Crippen LogP) is 16.2. The molecule has 0 amide bonds. The predicted molar refractivity (Wildman–Crippen MR) is 357 cm³/mol. The third-order valence-corrected chi connectivity index (χ3v) is 15.8. The second kappa shape index (κ2) is 26.8. The second-order valence-electron chi connectivity index (χ2n) is 26.8. The molecule has 1 aliphatic rings. The molecule has 8 aromatic rings. The standard InChI is InChI=1S/C76H84N4O8/c1-73(2,3)61-37-53-33-57-41-63(75(7,8)9)43-59(71(57)87-31-29-85-67-27-19-15-23-51(67)47-79-77-45-49-21-13-17-25-65(49)81)35-55-39-62(74(4,5)6)40-56(70(55)84)36-60-44-64(76(10,11)12)42-58(34-54(38-61)69(53)83)72(60)88-32-30-86-68-28-20-16-24-52(68)48-80-78-46-50-22-14-18-26-66(50)82/h13-28,37-48,81-84H,29-36H2,1-12H3/b77-45+,78-46+,79-47-,80-48+. The number of phenolic OH excluding ortho intramolecular Hbond substituents is 4. The first-order chi connectivity index (χ1) is 41.8. The van der Waals surface area contributed by atoms with Gasteiger partial charge in [0.25, 0.3) is 0 Å². The van der Waals surface area contributed by atoms with E-state index in [-0.39, 0.29) is 71.1 Å². The Kier molecular flexibility index (Phi) is 19.3. The van der Waals surface area contributed by atoms with Crippen LogP contribution in [-0.2, 0) is 47.3 Å². The minimum atomic E-state index is -0.288. The van der Waals surface area contributed by atoms with Crippen LogP contribution in [0.2, 0.25) is 0 Å². The van der Waals surface area contributed by atoms with Gasteiger partial charge in [0.2, 0.25) is 0 Å². The van der Waals surface area contributed by atoms with Gasteiger partial charge in [-0.05, 0) is 137 Å². The van der Waals surface area contributed by atoms with Crippen LogP contribution in [0.15, 0.2) is 166 Å². The Hall–Kier alpha value is -9.16. The van der Waals surface area contributed by atoms with Gasteiger partial charge in [0.05, 0.1) is 24.9 Å². The summed E-state index contributed by atoms with van der Waals surface area (Å²) in [6, 6.07) is 46.5. The van der Waals surface area contributed by atoms with Gasteiger partial charge in [0.1, 0.15) is 72.4 Å². The lowest BCUT2D eigenvalue weighted by atomic mass is 9.79. The van der Waals surface area contributed by atoms with E-state index >= 15 is 0 Å². The fraction of sp³-hybridized carbons (Fsp3) is 0.316. The summed E-state index contributed by atoms with van der Waals surface area (Å²) >= 11 is 0. The highest BCUT2D eigenvalue weighted by Gasteiger charge is 2.29. The quantitative estimate of drug-likeness (QED) is 0.0421. The van der Waals surface area contributed by atoms with Crippen molar-refractivity contribution >= 4 is 24.9 Å². The van der Waals surface area contributed by atoms with E-state index in [0.29, 0.717) is 59.8 Å². The monoisotopic (exact) mass is 1180 g/mol. The first-order valence-corrected chi connectivity index (χ1v) is 30.2. The van der Waals surface area contributed by atoms with Crippen LogP contribution in [0.3, 0.4) is 0 Å². The molecule has 0 radical (unpaired) electrons. The lowest BCUT2D eigenvalue weighted by Crippen LogP contribution is -2.18. The van der Waals surface area contributed by atoms with Crippen LogP contribution in [0.25, 0.3) is 0 Å². The van der Waals surface area contributed by atoms with Crippen molar-refractivity contribution in [3.05, 3.63) is 235 Å². The Balaban J connectivity index is 1.11. The average Bonchev–Trinajstić information content (AvgIpc) is 1.03. The number of aromatic hydroxyl groups is 4. The van der Waals surface area contributed by atoms with E-state index in [1.807, 2.05) is 60.7 Å². The van der Waals surface area contributed by atoms with Gasteiger partial charge in [0, 0.05) is 47.9 Å². The molecule has 8 bridgehead atoms. The molecule has 0 aliphatic heterocycles. The normalized spacial score (nSPS) is 13.2. The molecule has 12 heteroatoms. The van der Waals surface area contributed by atoms with Crippen molar-refractivity contribution < 1.29 is 39.4 Å². The number of fused-ring (bicyclic) bond motifs is 8. The Bertz CT molecular complexity index is 3570. The summed E-state index contributed by atoms with van der Waals surface area (Å²) in [4.78, 5) is 0. The molecule has 0 unspecified atom stereocenters. The molecule has 4 N–H and O–H groups in total. The van der Waals surface area contributed by atoms with Crippen LogP contribution in [-0.4, -0.2) is 71.7 Å². The molecule has 0 aromatic heterocycles. The number of hydrogen-bond acceptors (Lipinski definition) is 12. The number of para-hydroxylation sites is 4. The van der Waals surface area contributed by atoms with Crippen LogP contribution < -0.4 is 18.9 Å². The summed E-state index contributed by atoms with van der Waals surface area (Å²) in [6.45, 7) is 27.2. The van der Waals surface area contributed by atoms with Crippen LogP contribution in [0, 0.1) is 0 Å². The summed E-state index contributed by atoms with van der Waals surface area (Å²) in [7, 11) is 0. The smallest absolute Gasteiger partial charge is 0.128 e. The molecule has 0 heterocycles. The maximum absolute atomic E-state index is 12.9. The first-order valence-electron chi connectivity index (χ1n) is 30.2. The van der Waals surface area contributed by atoms with E-state index in [4.69, 9.17) is 18.9 Å². The van der Waals surface area contributed by atoms with Gasteiger partial charge in [-0.25, -0.2) is 0 Å². The van der Waals surface area contributed by atoms with Gasteiger partial charge in [-0.2, -0.15) is 20.4 Å². The fourth-order valence-electron chi connectivity index (χ4n) is 10.6. The van der Waals surface area contributed by atoms with Gasteiger partial charge in [-0.1, -0.05) is 180 Å². The van der Waals surface area contributed by atoms with Crippen molar-refractivity contribution in [2.45, 2.75) is 130 Å². The number of benzene rings is 8. The number of hydrogen-bond donors (Lipinski definition) is 4. The molecule has 0 atom stereocenters. The van der Waals surface area contributed by atoms with Crippen LogP contribution in [0.5, 0.6) is 46.0 Å². The van der Waals surface area contributed by atoms with Crippen LogP contribution >= 0.6 is 0 Å². The number of phenols is 4. The molecule has 0 fully saturated rings. The van der Waals surface area contributed by atoms with Gasteiger partial charge in [0.15, 0.2) is 0 Å². The van der Waals surface area contributed by atoms with Crippen LogP contribution in [0.1, 0.15) is 172 Å². The molecule has 8 aromatic carbocycles. The van der Waals surface area contributed by atoms with E-state index in [0.717, 1.165) is 77.9 Å². The summed E-state index contributed by atoms with van der Waals surface area (Å²) in [5.74, 6) is 3.20. The van der Waals surface area contributed by atoms with Crippen molar-refractivity contribution in [2.75, 3.05) is 26.4 Å². The zero-order chi connectivity index (χ0) is 63.0. The SMILES string of the molecule is CC(C)(C)c1cc2c(O)c(c1)Cc1cc(C(C)(C)C)cc(c1OCCOc1ccccc1/C=N/N=C/c1ccccc1O)Cc1cc(C(C)(C)C)cc(c1O)Cc1cc(C(C)(C)C)cc(c1OCCOc1ccccc1/C=N\N=C\c1ccccc1O)C2. The molecular formula is C76H84N4O8. The molecule has 1 aliphatic carbocycles. The van der Waals surface area contributed by atoms with Gasteiger partial charge < -0.3 is 39.4 Å². The Morgan fingerprint density at radius 3 is 0.841 bits per heavy atom. The molecule has 456 valence electrons. The molecule has 0 saturated carbocycles. The number of ether oxygens (including phenoxy) is 4. The summed E-state index contributed by atoms with van der Waals surface area (Å²) in [5, 5.41) is 63.1. The third-order valence-electron chi connectivity index (χ3n) is 15.8.